The first kappa shape index (κ1) is 13.9. The number of fused-ring (bicyclic) bond motifs is 1. The smallest absolute Gasteiger partial charge is 0.277 e. The van der Waals surface area contributed by atoms with Crippen LogP contribution >= 0.6 is 15.9 Å². The van der Waals surface area contributed by atoms with Gasteiger partial charge in [0.1, 0.15) is 5.52 Å². The minimum absolute atomic E-state index is 0.0626. The zero-order valence-electron chi connectivity index (χ0n) is 11.0. The number of benzene rings is 2. The van der Waals surface area contributed by atoms with Gasteiger partial charge in [-0.2, -0.15) is 0 Å². The van der Waals surface area contributed by atoms with Crippen LogP contribution in [0.5, 0.6) is 0 Å². The lowest BCUT2D eigenvalue weighted by Gasteiger charge is -2.12. The van der Waals surface area contributed by atoms with Crippen LogP contribution in [0.1, 0.15) is 11.7 Å². The van der Waals surface area contributed by atoms with Crippen molar-refractivity contribution < 1.29 is 5.11 Å². The molecule has 1 unspecified atom stereocenters. The molecule has 1 atom stereocenters. The van der Waals surface area contributed by atoms with Crippen molar-refractivity contribution in [1.82, 2.24) is 15.0 Å². The Morgan fingerprint density at radius 3 is 2.81 bits per heavy atom. The number of rotatable bonds is 3. The molecule has 0 aliphatic carbocycles. The quantitative estimate of drug-likeness (QED) is 0.790. The van der Waals surface area contributed by atoms with E-state index >= 15 is 0 Å². The Hall–Kier alpha value is -2.05. The summed E-state index contributed by atoms with van der Waals surface area (Å²) in [4.78, 5) is 12.3. The molecule has 2 aromatic carbocycles. The Labute approximate surface area is 129 Å². The molecule has 3 rings (SSSR count). The molecule has 6 heteroatoms. The zero-order chi connectivity index (χ0) is 14.8. The molecule has 0 saturated heterocycles. The fraction of sp³-hybridized carbons (Fsp3) is 0.133. The Bertz CT molecular complexity index is 847. The number of aromatic nitrogens is 3. The first-order valence-electron chi connectivity index (χ1n) is 6.41. The van der Waals surface area contributed by atoms with Gasteiger partial charge in [0.2, 0.25) is 0 Å². The van der Waals surface area contributed by atoms with Gasteiger partial charge >= 0.3 is 0 Å². The maximum absolute atomic E-state index is 12.3. The molecule has 5 nitrogen and oxygen atoms in total. The van der Waals surface area contributed by atoms with Crippen molar-refractivity contribution in [2.45, 2.75) is 12.6 Å². The van der Waals surface area contributed by atoms with E-state index in [1.54, 1.807) is 30.3 Å². The molecule has 0 saturated carbocycles. The van der Waals surface area contributed by atoms with Gasteiger partial charge in [-0.15, -0.1) is 5.10 Å². The Balaban J connectivity index is 1.95. The van der Waals surface area contributed by atoms with E-state index in [1.165, 1.54) is 4.68 Å². The van der Waals surface area contributed by atoms with Gasteiger partial charge in [0, 0.05) is 4.47 Å². The number of nitrogens with zero attached hydrogens (tertiary/aromatic N) is 3. The highest BCUT2D eigenvalue weighted by atomic mass is 79.9. The second-order valence-corrected chi connectivity index (χ2v) is 5.58. The third kappa shape index (κ3) is 2.86. The molecular weight excluding hydrogens is 334 g/mol. The summed E-state index contributed by atoms with van der Waals surface area (Å²) in [5, 5.41) is 18.6. The highest BCUT2D eigenvalue weighted by molar-refractivity contribution is 9.10. The van der Waals surface area contributed by atoms with Crippen molar-refractivity contribution in [2.24, 2.45) is 0 Å². The summed E-state index contributed by atoms with van der Waals surface area (Å²) < 4.78 is 2.06. The van der Waals surface area contributed by atoms with Crippen molar-refractivity contribution in [1.29, 1.82) is 0 Å². The van der Waals surface area contributed by atoms with Crippen LogP contribution in [0.4, 0.5) is 0 Å². The van der Waals surface area contributed by atoms with Crippen molar-refractivity contribution in [3.63, 3.8) is 0 Å². The first-order chi connectivity index (χ1) is 10.1. The minimum atomic E-state index is -0.823. The van der Waals surface area contributed by atoms with E-state index in [0.717, 1.165) is 4.47 Å². The predicted molar refractivity (Wildman–Crippen MR) is 82.9 cm³/mol. The Morgan fingerprint density at radius 2 is 2.00 bits per heavy atom. The molecule has 0 aliphatic rings. The fourth-order valence-corrected chi connectivity index (χ4v) is 2.54. The molecule has 106 valence electrons. The number of hydrogen-bond donors (Lipinski definition) is 1. The van der Waals surface area contributed by atoms with E-state index < -0.39 is 6.10 Å². The normalized spacial score (nSPS) is 12.5. The van der Waals surface area contributed by atoms with E-state index in [9.17, 15) is 9.90 Å². The van der Waals surface area contributed by atoms with Crippen LogP contribution in [0.15, 0.2) is 57.8 Å². The third-order valence-corrected chi connectivity index (χ3v) is 3.70. The van der Waals surface area contributed by atoms with E-state index in [4.69, 9.17) is 0 Å². The molecule has 3 aromatic rings. The SMILES string of the molecule is O=c1c2ccccc2nnn1CC(O)c1cccc(Br)c1. The molecular formula is C15H12BrN3O2. The van der Waals surface area contributed by atoms with Crippen molar-refractivity contribution >= 4 is 26.8 Å². The molecule has 0 spiro atoms. The van der Waals surface area contributed by atoms with Crippen LogP contribution in [-0.2, 0) is 6.54 Å². The summed E-state index contributed by atoms with van der Waals surface area (Å²) in [6, 6.07) is 14.3. The summed E-state index contributed by atoms with van der Waals surface area (Å²) in [6.07, 6.45) is -0.823. The predicted octanol–water partition coefficient (Wildman–Crippen LogP) is 2.29. The van der Waals surface area contributed by atoms with Gasteiger partial charge < -0.3 is 5.11 Å². The molecule has 0 bridgehead atoms. The molecule has 0 radical (unpaired) electrons. The van der Waals surface area contributed by atoms with Gasteiger partial charge in [-0.25, -0.2) is 4.68 Å². The minimum Gasteiger partial charge on any atom is -0.386 e. The average Bonchev–Trinajstić information content (AvgIpc) is 2.50. The maximum atomic E-state index is 12.3. The van der Waals surface area contributed by atoms with Crippen LogP contribution in [0.2, 0.25) is 0 Å². The molecule has 0 fully saturated rings. The van der Waals surface area contributed by atoms with Gasteiger partial charge in [-0.1, -0.05) is 45.4 Å². The zero-order valence-corrected chi connectivity index (χ0v) is 12.6. The molecule has 0 aliphatic heterocycles. The lowest BCUT2D eigenvalue weighted by Crippen LogP contribution is -2.27. The Morgan fingerprint density at radius 1 is 1.19 bits per heavy atom. The highest BCUT2D eigenvalue weighted by Crippen LogP contribution is 2.19. The molecule has 21 heavy (non-hydrogen) atoms. The number of hydrogen-bond acceptors (Lipinski definition) is 4. The monoisotopic (exact) mass is 345 g/mol. The van der Waals surface area contributed by atoms with Gasteiger partial charge in [0.25, 0.3) is 5.56 Å². The van der Waals surface area contributed by atoms with E-state index in [1.807, 2.05) is 18.2 Å². The number of aliphatic hydroxyl groups excluding tert-OH is 1. The third-order valence-electron chi connectivity index (χ3n) is 3.21. The highest BCUT2D eigenvalue weighted by Gasteiger charge is 2.12. The van der Waals surface area contributed by atoms with E-state index in [-0.39, 0.29) is 12.1 Å². The molecule has 0 amide bonds. The maximum Gasteiger partial charge on any atom is 0.277 e. The fourth-order valence-electron chi connectivity index (χ4n) is 2.13. The molecule has 1 heterocycles. The van der Waals surface area contributed by atoms with Crippen molar-refractivity contribution in [3.8, 4) is 0 Å². The summed E-state index contributed by atoms with van der Waals surface area (Å²) in [5.74, 6) is 0. The number of halogens is 1. The standard InChI is InChI=1S/C15H12BrN3O2/c16-11-5-3-4-10(8-11)14(20)9-19-15(21)12-6-1-2-7-13(12)17-18-19/h1-8,14,20H,9H2. The number of aliphatic hydroxyl groups is 1. The van der Waals surface area contributed by atoms with Crippen LogP contribution in [0.25, 0.3) is 10.9 Å². The van der Waals surface area contributed by atoms with E-state index in [0.29, 0.717) is 16.5 Å². The van der Waals surface area contributed by atoms with Crippen LogP contribution in [0.3, 0.4) is 0 Å². The summed E-state index contributed by atoms with van der Waals surface area (Å²) in [5.41, 5.74) is 1.01. The lowest BCUT2D eigenvalue weighted by molar-refractivity contribution is 0.148. The second kappa shape index (κ2) is 5.75. The van der Waals surface area contributed by atoms with Gasteiger partial charge in [0.15, 0.2) is 0 Å². The molecule has 1 aromatic heterocycles. The largest absolute Gasteiger partial charge is 0.386 e. The summed E-state index contributed by atoms with van der Waals surface area (Å²) in [6.45, 7) is 0.0626. The van der Waals surface area contributed by atoms with Crippen LogP contribution < -0.4 is 5.56 Å². The topological polar surface area (TPSA) is 68.0 Å². The first-order valence-corrected chi connectivity index (χ1v) is 7.20. The van der Waals surface area contributed by atoms with Crippen molar-refractivity contribution in [2.75, 3.05) is 0 Å². The van der Waals surface area contributed by atoms with Crippen molar-refractivity contribution in [3.05, 3.63) is 68.9 Å². The summed E-state index contributed by atoms with van der Waals surface area (Å²) in [7, 11) is 0. The molecule has 1 N–H and O–H groups in total. The van der Waals surface area contributed by atoms with Crippen LogP contribution in [0, 0.1) is 0 Å². The van der Waals surface area contributed by atoms with E-state index in [2.05, 4.69) is 26.2 Å². The summed E-state index contributed by atoms with van der Waals surface area (Å²) >= 11 is 3.36. The second-order valence-electron chi connectivity index (χ2n) is 4.66. The average molecular weight is 346 g/mol. The van der Waals surface area contributed by atoms with Gasteiger partial charge in [-0.3, -0.25) is 4.79 Å². The van der Waals surface area contributed by atoms with Gasteiger partial charge in [0.05, 0.1) is 18.0 Å². The van der Waals surface area contributed by atoms with Crippen LogP contribution in [-0.4, -0.2) is 20.1 Å². The van der Waals surface area contributed by atoms with Gasteiger partial charge in [-0.05, 0) is 29.8 Å². The Kier molecular flexibility index (Phi) is 3.81. The lowest BCUT2D eigenvalue weighted by atomic mass is 10.1.